The molecule has 1 aromatic carbocycles. The van der Waals surface area contributed by atoms with Gasteiger partial charge in [0.2, 0.25) is 0 Å². The van der Waals surface area contributed by atoms with E-state index in [0.717, 1.165) is 0 Å². The van der Waals surface area contributed by atoms with E-state index in [0.29, 0.717) is 35.6 Å². The molecular formula is C16H24ClN3O3. The molecule has 0 aliphatic rings. The van der Waals surface area contributed by atoms with Crippen LogP contribution in [-0.4, -0.2) is 43.0 Å². The van der Waals surface area contributed by atoms with Gasteiger partial charge in [-0.15, -0.1) is 6.58 Å². The molecule has 0 saturated carbocycles. The van der Waals surface area contributed by atoms with Crippen LogP contribution in [0, 0.1) is 0 Å². The summed E-state index contributed by atoms with van der Waals surface area (Å²) in [5.41, 5.74) is 0.547. The smallest absolute Gasteiger partial charge is 0.319 e. The number of rotatable bonds is 9. The van der Waals surface area contributed by atoms with Crippen LogP contribution in [0.15, 0.2) is 30.9 Å². The molecule has 1 aromatic rings. The largest absolute Gasteiger partial charge is 0.489 e. The molecule has 0 radical (unpaired) electrons. The van der Waals surface area contributed by atoms with Crippen molar-refractivity contribution in [1.82, 2.24) is 10.6 Å². The molecule has 1 rings (SSSR count). The van der Waals surface area contributed by atoms with Crippen LogP contribution in [0.1, 0.15) is 13.8 Å². The predicted molar refractivity (Wildman–Crippen MR) is 93.3 cm³/mol. The summed E-state index contributed by atoms with van der Waals surface area (Å²) in [5.74, 6) is 0.451. The van der Waals surface area contributed by atoms with Crippen molar-refractivity contribution in [2.24, 2.45) is 0 Å². The van der Waals surface area contributed by atoms with Gasteiger partial charge in [0.15, 0.2) is 0 Å². The Bertz CT molecular complexity index is 523. The Balaban J connectivity index is 2.49. The summed E-state index contributed by atoms with van der Waals surface area (Å²) in [7, 11) is 0. The first kappa shape index (κ1) is 19.3. The van der Waals surface area contributed by atoms with E-state index in [2.05, 4.69) is 22.5 Å². The SMILES string of the molecule is C=CCNC(=O)Nc1ccc(OCC(O)CNC(C)C)c(Cl)c1. The molecule has 7 heteroatoms. The number of carbonyl (C=O) groups is 1. The van der Waals surface area contributed by atoms with E-state index >= 15 is 0 Å². The summed E-state index contributed by atoms with van der Waals surface area (Å²) in [5, 5.41) is 18.5. The maximum atomic E-state index is 11.5. The third kappa shape index (κ3) is 7.88. The van der Waals surface area contributed by atoms with Gasteiger partial charge in [-0.2, -0.15) is 0 Å². The lowest BCUT2D eigenvalue weighted by atomic mass is 10.3. The van der Waals surface area contributed by atoms with Gasteiger partial charge in [-0.1, -0.05) is 31.5 Å². The molecule has 0 heterocycles. The highest BCUT2D eigenvalue weighted by atomic mass is 35.5. The van der Waals surface area contributed by atoms with Gasteiger partial charge in [0, 0.05) is 24.8 Å². The second-order valence-corrected chi connectivity index (χ2v) is 5.70. The Kier molecular flexibility index (Phi) is 8.47. The molecule has 128 valence electrons. The molecule has 0 aromatic heterocycles. The first-order chi connectivity index (χ1) is 10.9. The van der Waals surface area contributed by atoms with E-state index < -0.39 is 6.10 Å². The molecule has 4 N–H and O–H groups in total. The van der Waals surface area contributed by atoms with Crippen LogP contribution < -0.4 is 20.7 Å². The Morgan fingerprint density at radius 2 is 2.22 bits per heavy atom. The molecule has 23 heavy (non-hydrogen) atoms. The second kappa shape index (κ2) is 10.1. The lowest BCUT2D eigenvalue weighted by molar-refractivity contribution is 0.105. The van der Waals surface area contributed by atoms with Crippen molar-refractivity contribution >= 4 is 23.3 Å². The first-order valence-electron chi connectivity index (χ1n) is 7.42. The average Bonchev–Trinajstić information content (AvgIpc) is 2.50. The number of nitrogens with one attached hydrogen (secondary N) is 3. The number of amides is 2. The van der Waals surface area contributed by atoms with Crippen molar-refractivity contribution in [3.8, 4) is 5.75 Å². The molecule has 0 bridgehead atoms. The number of urea groups is 1. The maximum absolute atomic E-state index is 11.5. The number of aliphatic hydroxyl groups excluding tert-OH is 1. The summed E-state index contributed by atoms with van der Waals surface area (Å²) in [4.78, 5) is 11.5. The fourth-order valence-electron chi connectivity index (χ4n) is 1.65. The third-order valence-corrected chi connectivity index (χ3v) is 3.09. The van der Waals surface area contributed by atoms with Gasteiger partial charge in [0.05, 0.1) is 5.02 Å². The van der Waals surface area contributed by atoms with E-state index in [1.165, 1.54) is 0 Å². The van der Waals surface area contributed by atoms with Crippen molar-refractivity contribution in [2.45, 2.75) is 26.0 Å². The monoisotopic (exact) mass is 341 g/mol. The fourth-order valence-corrected chi connectivity index (χ4v) is 1.89. The van der Waals surface area contributed by atoms with Crippen LogP contribution in [0.3, 0.4) is 0 Å². The van der Waals surface area contributed by atoms with Gasteiger partial charge in [-0.25, -0.2) is 4.79 Å². The van der Waals surface area contributed by atoms with E-state index in [1.54, 1.807) is 24.3 Å². The summed E-state index contributed by atoms with van der Waals surface area (Å²) < 4.78 is 5.49. The predicted octanol–water partition coefficient (Wildman–Crippen LogP) is 2.39. The van der Waals surface area contributed by atoms with E-state index in [1.807, 2.05) is 13.8 Å². The van der Waals surface area contributed by atoms with Crippen LogP contribution in [0.5, 0.6) is 5.75 Å². The molecule has 0 aliphatic heterocycles. The average molecular weight is 342 g/mol. The molecule has 0 saturated heterocycles. The lowest BCUT2D eigenvalue weighted by Crippen LogP contribution is -2.35. The van der Waals surface area contributed by atoms with Gasteiger partial charge in [-0.05, 0) is 18.2 Å². The number of carbonyl (C=O) groups excluding carboxylic acids is 1. The van der Waals surface area contributed by atoms with E-state index in [9.17, 15) is 9.90 Å². The molecular weight excluding hydrogens is 318 g/mol. The summed E-state index contributed by atoms with van der Waals surface area (Å²) in [6, 6.07) is 4.86. The quantitative estimate of drug-likeness (QED) is 0.520. The number of hydrogen-bond donors (Lipinski definition) is 4. The minimum Gasteiger partial charge on any atom is -0.489 e. The van der Waals surface area contributed by atoms with Gasteiger partial charge in [-0.3, -0.25) is 0 Å². The molecule has 2 amide bonds. The van der Waals surface area contributed by atoms with Crippen molar-refractivity contribution in [1.29, 1.82) is 0 Å². The minimum atomic E-state index is -0.629. The van der Waals surface area contributed by atoms with E-state index in [-0.39, 0.29) is 12.6 Å². The topological polar surface area (TPSA) is 82.6 Å². The number of halogens is 1. The zero-order valence-corrected chi connectivity index (χ0v) is 14.2. The standard InChI is InChI=1S/C16H24ClN3O3/c1-4-7-18-16(22)20-12-5-6-15(14(17)8-12)23-10-13(21)9-19-11(2)3/h4-6,8,11,13,19,21H,1,7,9-10H2,2-3H3,(H2,18,20,22). The molecule has 0 aliphatic carbocycles. The summed E-state index contributed by atoms with van der Waals surface area (Å²) in [6.07, 6.45) is 0.958. The van der Waals surface area contributed by atoms with Gasteiger partial charge in [0.25, 0.3) is 0 Å². The highest BCUT2D eigenvalue weighted by Gasteiger charge is 2.09. The molecule has 0 spiro atoms. The number of hydrogen-bond acceptors (Lipinski definition) is 4. The Morgan fingerprint density at radius 3 is 2.83 bits per heavy atom. The van der Waals surface area contributed by atoms with E-state index in [4.69, 9.17) is 16.3 Å². The Morgan fingerprint density at radius 1 is 1.48 bits per heavy atom. The Labute approximate surface area is 141 Å². The molecule has 1 atom stereocenters. The minimum absolute atomic E-state index is 0.131. The van der Waals surface area contributed by atoms with Crippen LogP contribution in [0.25, 0.3) is 0 Å². The molecule has 0 fully saturated rings. The lowest BCUT2D eigenvalue weighted by Gasteiger charge is -2.16. The Hall–Kier alpha value is -1.76. The summed E-state index contributed by atoms with van der Waals surface area (Å²) >= 11 is 6.12. The van der Waals surface area contributed by atoms with Crippen LogP contribution in [-0.2, 0) is 0 Å². The van der Waals surface area contributed by atoms with Gasteiger partial charge >= 0.3 is 6.03 Å². The summed E-state index contributed by atoms with van der Waals surface area (Å²) in [6.45, 7) is 8.47. The number of anilines is 1. The van der Waals surface area contributed by atoms with Crippen molar-refractivity contribution in [3.05, 3.63) is 35.9 Å². The van der Waals surface area contributed by atoms with Crippen molar-refractivity contribution in [3.63, 3.8) is 0 Å². The second-order valence-electron chi connectivity index (χ2n) is 5.30. The normalized spacial score (nSPS) is 11.9. The number of ether oxygens (including phenoxy) is 1. The van der Waals surface area contributed by atoms with Crippen LogP contribution >= 0.6 is 11.6 Å². The molecule has 6 nitrogen and oxygen atoms in total. The third-order valence-electron chi connectivity index (χ3n) is 2.79. The van der Waals surface area contributed by atoms with Gasteiger partial charge in [0.1, 0.15) is 18.5 Å². The van der Waals surface area contributed by atoms with Crippen LogP contribution in [0.2, 0.25) is 5.02 Å². The maximum Gasteiger partial charge on any atom is 0.319 e. The van der Waals surface area contributed by atoms with Gasteiger partial charge < -0.3 is 25.8 Å². The highest BCUT2D eigenvalue weighted by molar-refractivity contribution is 6.32. The molecule has 1 unspecified atom stereocenters. The first-order valence-corrected chi connectivity index (χ1v) is 7.79. The van der Waals surface area contributed by atoms with Crippen molar-refractivity contribution < 1.29 is 14.6 Å². The van der Waals surface area contributed by atoms with Crippen molar-refractivity contribution in [2.75, 3.05) is 25.0 Å². The highest BCUT2D eigenvalue weighted by Crippen LogP contribution is 2.27. The fraction of sp³-hybridized carbons (Fsp3) is 0.438. The van der Waals surface area contributed by atoms with Crippen LogP contribution in [0.4, 0.5) is 10.5 Å². The number of aliphatic hydroxyl groups is 1. The number of benzene rings is 1. The zero-order valence-electron chi connectivity index (χ0n) is 13.4. The zero-order chi connectivity index (χ0) is 17.2.